The summed E-state index contributed by atoms with van der Waals surface area (Å²) in [6, 6.07) is 0.151. The second-order valence-corrected chi connectivity index (χ2v) is 6.47. The van der Waals surface area contributed by atoms with Crippen LogP contribution in [0.4, 0.5) is 0 Å². The molecule has 0 spiro atoms. The molecule has 1 N–H and O–H groups in total. The largest absolute Gasteiger partial charge is 0.341 e. The zero-order valence-corrected chi connectivity index (χ0v) is 11.5. The van der Waals surface area contributed by atoms with E-state index in [2.05, 4.69) is 17.1 Å². The number of nitrogens with zero attached hydrogens (tertiary/aromatic N) is 1. The van der Waals surface area contributed by atoms with Gasteiger partial charge in [-0.1, -0.05) is 19.8 Å². The molecule has 0 aromatic carbocycles. The van der Waals surface area contributed by atoms with E-state index in [1.165, 1.54) is 38.5 Å². The predicted octanol–water partition coefficient (Wildman–Crippen LogP) is 2.02. The lowest BCUT2D eigenvalue weighted by Crippen LogP contribution is -2.45. The Hall–Kier alpha value is -0.570. The Kier molecular flexibility index (Phi) is 3.60. The van der Waals surface area contributed by atoms with E-state index in [-0.39, 0.29) is 6.04 Å². The highest BCUT2D eigenvalue weighted by Gasteiger charge is 2.44. The molecule has 0 bridgehead atoms. The van der Waals surface area contributed by atoms with E-state index in [1.54, 1.807) is 0 Å². The first-order chi connectivity index (χ1) is 8.79. The minimum absolute atomic E-state index is 0.151. The molecule has 3 aliphatic rings. The summed E-state index contributed by atoms with van der Waals surface area (Å²) >= 11 is 0. The van der Waals surface area contributed by atoms with Crippen molar-refractivity contribution in [2.24, 2.45) is 17.8 Å². The van der Waals surface area contributed by atoms with Gasteiger partial charge in [0.2, 0.25) is 5.91 Å². The van der Waals surface area contributed by atoms with E-state index in [9.17, 15) is 4.79 Å². The number of rotatable bonds is 3. The number of amides is 1. The van der Waals surface area contributed by atoms with Crippen molar-refractivity contribution in [3.63, 3.8) is 0 Å². The van der Waals surface area contributed by atoms with Gasteiger partial charge in [-0.2, -0.15) is 0 Å². The number of fused-ring (bicyclic) bond motifs is 1. The molecule has 0 aromatic rings. The van der Waals surface area contributed by atoms with Crippen molar-refractivity contribution in [1.29, 1.82) is 0 Å². The lowest BCUT2D eigenvalue weighted by Gasteiger charge is -2.24. The topological polar surface area (TPSA) is 32.3 Å². The molecule has 3 fully saturated rings. The highest BCUT2D eigenvalue weighted by Crippen LogP contribution is 2.38. The van der Waals surface area contributed by atoms with Crippen LogP contribution in [0.25, 0.3) is 0 Å². The van der Waals surface area contributed by atoms with Crippen LogP contribution in [0.1, 0.15) is 45.4 Å². The Labute approximate surface area is 110 Å². The van der Waals surface area contributed by atoms with Crippen molar-refractivity contribution in [2.45, 2.75) is 51.5 Å². The molecular formula is C15H26N2O. The molecule has 18 heavy (non-hydrogen) atoms. The maximum atomic E-state index is 12.6. The van der Waals surface area contributed by atoms with Gasteiger partial charge in [0.1, 0.15) is 0 Å². The van der Waals surface area contributed by atoms with Gasteiger partial charge in [-0.05, 0) is 50.0 Å². The molecule has 3 heteroatoms. The highest BCUT2D eigenvalue weighted by atomic mass is 16.2. The summed E-state index contributed by atoms with van der Waals surface area (Å²) in [5, 5.41) is 3.49. The number of carbonyl (C=O) groups is 1. The smallest absolute Gasteiger partial charge is 0.240 e. The zero-order valence-electron chi connectivity index (χ0n) is 11.5. The molecule has 1 saturated carbocycles. The fraction of sp³-hybridized carbons (Fsp3) is 0.933. The van der Waals surface area contributed by atoms with Crippen molar-refractivity contribution in [1.82, 2.24) is 10.2 Å². The van der Waals surface area contributed by atoms with Crippen molar-refractivity contribution in [3.05, 3.63) is 0 Å². The van der Waals surface area contributed by atoms with Gasteiger partial charge in [-0.25, -0.2) is 0 Å². The average molecular weight is 250 g/mol. The molecule has 3 nitrogen and oxygen atoms in total. The summed E-state index contributed by atoms with van der Waals surface area (Å²) in [4.78, 5) is 14.7. The van der Waals surface area contributed by atoms with Gasteiger partial charge >= 0.3 is 0 Å². The van der Waals surface area contributed by atoms with E-state index < -0.39 is 0 Å². The molecule has 102 valence electrons. The third-order valence-electron chi connectivity index (χ3n) is 5.31. The molecule has 1 aliphatic carbocycles. The lowest BCUT2D eigenvalue weighted by atomic mass is 9.93. The van der Waals surface area contributed by atoms with E-state index >= 15 is 0 Å². The van der Waals surface area contributed by atoms with E-state index in [4.69, 9.17) is 0 Å². The molecule has 1 amide bonds. The molecule has 0 aromatic heterocycles. The first-order valence-corrected chi connectivity index (χ1v) is 7.81. The fourth-order valence-corrected chi connectivity index (χ4v) is 4.33. The van der Waals surface area contributed by atoms with Gasteiger partial charge in [-0.3, -0.25) is 4.79 Å². The summed E-state index contributed by atoms with van der Waals surface area (Å²) in [6.07, 6.45) is 7.69. The maximum Gasteiger partial charge on any atom is 0.240 e. The van der Waals surface area contributed by atoms with Crippen molar-refractivity contribution >= 4 is 5.91 Å². The van der Waals surface area contributed by atoms with Crippen LogP contribution in [0.2, 0.25) is 0 Å². The number of carbonyl (C=O) groups excluding carboxylic acids is 1. The molecule has 2 heterocycles. The number of nitrogens with one attached hydrogen (secondary N) is 1. The summed E-state index contributed by atoms with van der Waals surface area (Å²) in [5.74, 6) is 2.60. The van der Waals surface area contributed by atoms with Crippen LogP contribution >= 0.6 is 0 Å². The Morgan fingerprint density at radius 3 is 3.06 bits per heavy atom. The van der Waals surface area contributed by atoms with Gasteiger partial charge in [-0.15, -0.1) is 0 Å². The summed E-state index contributed by atoms with van der Waals surface area (Å²) < 4.78 is 0. The summed E-state index contributed by atoms with van der Waals surface area (Å²) in [6.45, 7) is 5.33. The van der Waals surface area contributed by atoms with Crippen LogP contribution in [-0.2, 0) is 4.79 Å². The molecule has 4 unspecified atom stereocenters. The minimum atomic E-state index is 0.151. The van der Waals surface area contributed by atoms with E-state index in [1.807, 2.05) is 0 Å². The normalized spacial score (nSPS) is 39.3. The van der Waals surface area contributed by atoms with Gasteiger partial charge < -0.3 is 10.2 Å². The Balaban J connectivity index is 1.58. The van der Waals surface area contributed by atoms with Crippen molar-refractivity contribution in [2.75, 3.05) is 19.6 Å². The van der Waals surface area contributed by atoms with Gasteiger partial charge in [0, 0.05) is 13.1 Å². The molecular weight excluding hydrogens is 224 g/mol. The average Bonchev–Trinajstić information content (AvgIpc) is 3.04. The lowest BCUT2D eigenvalue weighted by molar-refractivity contribution is -0.133. The van der Waals surface area contributed by atoms with Gasteiger partial charge in [0.15, 0.2) is 0 Å². The number of likely N-dealkylation sites (tertiary alicyclic amines) is 1. The monoisotopic (exact) mass is 250 g/mol. The molecule has 2 saturated heterocycles. The summed E-state index contributed by atoms with van der Waals surface area (Å²) in [7, 11) is 0. The third-order valence-corrected chi connectivity index (χ3v) is 5.31. The molecule has 2 aliphatic heterocycles. The molecule has 4 atom stereocenters. The van der Waals surface area contributed by atoms with Crippen LogP contribution < -0.4 is 5.32 Å². The van der Waals surface area contributed by atoms with Gasteiger partial charge in [0.25, 0.3) is 0 Å². The molecule has 0 radical (unpaired) electrons. The number of hydrogen-bond acceptors (Lipinski definition) is 2. The molecule has 3 rings (SSSR count). The fourth-order valence-electron chi connectivity index (χ4n) is 4.33. The van der Waals surface area contributed by atoms with E-state index in [0.717, 1.165) is 31.5 Å². The SMILES string of the molecule is CCCC1CCN(C(=O)C2NCC3CCCC32)C1. The van der Waals surface area contributed by atoms with Crippen LogP contribution in [-0.4, -0.2) is 36.5 Å². The predicted molar refractivity (Wildman–Crippen MR) is 72.2 cm³/mol. The van der Waals surface area contributed by atoms with Crippen LogP contribution in [0.3, 0.4) is 0 Å². The van der Waals surface area contributed by atoms with Crippen LogP contribution in [0.15, 0.2) is 0 Å². The minimum Gasteiger partial charge on any atom is -0.341 e. The second-order valence-electron chi connectivity index (χ2n) is 6.47. The van der Waals surface area contributed by atoms with E-state index in [0.29, 0.717) is 11.8 Å². The second kappa shape index (κ2) is 5.20. The number of hydrogen-bond donors (Lipinski definition) is 1. The van der Waals surface area contributed by atoms with Crippen molar-refractivity contribution in [3.8, 4) is 0 Å². The van der Waals surface area contributed by atoms with Crippen LogP contribution in [0.5, 0.6) is 0 Å². The maximum absolute atomic E-state index is 12.6. The third kappa shape index (κ3) is 2.18. The first-order valence-electron chi connectivity index (χ1n) is 7.81. The highest BCUT2D eigenvalue weighted by molar-refractivity contribution is 5.83. The van der Waals surface area contributed by atoms with Crippen LogP contribution in [0, 0.1) is 17.8 Å². The first kappa shape index (κ1) is 12.5. The Morgan fingerprint density at radius 1 is 1.33 bits per heavy atom. The quantitative estimate of drug-likeness (QED) is 0.831. The standard InChI is InChI=1S/C15H26N2O/c1-2-4-11-7-8-17(10-11)15(18)14-13-6-3-5-12(13)9-16-14/h11-14,16H,2-10H2,1H3. The Bertz CT molecular complexity index is 318. The van der Waals surface area contributed by atoms with Crippen molar-refractivity contribution < 1.29 is 4.79 Å². The van der Waals surface area contributed by atoms with Gasteiger partial charge in [0.05, 0.1) is 6.04 Å². The zero-order chi connectivity index (χ0) is 12.5. The summed E-state index contributed by atoms with van der Waals surface area (Å²) in [5.41, 5.74) is 0. The Morgan fingerprint density at radius 2 is 2.22 bits per heavy atom.